The van der Waals surface area contributed by atoms with E-state index < -0.39 is 0 Å². The van der Waals surface area contributed by atoms with Gasteiger partial charge in [0.2, 0.25) is 0 Å². The lowest BCUT2D eigenvalue weighted by atomic mass is 10.0. The number of anilines is 1. The highest BCUT2D eigenvalue weighted by molar-refractivity contribution is 7.14. The van der Waals surface area contributed by atoms with Crippen LogP contribution in [0.4, 0.5) is 5.69 Å². The van der Waals surface area contributed by atoms with E-state index in [1.165, 1.54) is 16.1 Å². The van der Waals surface area contributed by atoms with Crippen LogP contribution in [-0.2, 0) is 12.8 Å². The van der Waals surface area contributed by atoms with Gasteiger partial charge in [-0.2, -0.15) is 0 Å². The Kier molecular flexibility index (Phi) is 3.88. The van der Waals surface area contributed by atoms with Crippen molar-refractivity contribution in [2.45, 2.75) is 26.2 Å². The third-order valence-electron chi connectivity index (χ3n) is 3.83. The van der Waals surface area contributed by atoms with E-state index in [1.54, 1.807) is 11.3 Å². The fourth-order valence-corrected chi connectivity index (χ4v) is 3.62. The Bertz CT molecular complexity index is 617. The van der Waals surface area contributed by atoms with Crippen LogP contribution in [0.5, 0.6) is 0 Å². The highest BCUT2D eigenvalue weighted by Gasteiger charge is 2.19. The largest absolute Gasteiger partial charge is 0.364 e. The molecule has 0 spiro atoms. The zero-order valence-electron chi connectivity index (χ0n) is 11.8. The molecule has 0 saturated heterocycles. The van der Waals surface area contributed by atoms with E-state index in [2.05, 4.69) is 42.2 Å². The molecular formula is C17H19NOS. The number of fused-ring (bicyclic) bond motifs is 1. The monoisotopic (exact) mass is 285 g/mol. The molecule has 0 radical (unpaired) electrons. The smallest absolute Gasteiger partial charge is 0.191 e. The number of thiophene rings is 1. The third-order valence-corrected chi connectivity index (χ3v) is 5.10. The van der Waals surface area contributed by atoms with E-state index in [-0.39, 0.29) is 5.78 Å². The molecule has 0 N–H and O–H groups in total. The van der Waals surface area contributed by atoms with E-state index in [1.807, 2.05) is 6.07 Å². The lowest BCUT2D eigenvalue weighted by Crippen LogP contribution is -2.34. The molecule has 2 aromatic rings. The van der Waals surface area contributed by atoms with E-state index in [0.717, 1.165) is 30.7 Å². The molecule has 0 atom stereocenters. The molecule has 0 bridgehead atoms. The summed E-state index contributed by atoms with van der Waals surface area (Å²) in [6.45, 7) is 3.61. The van der Waals surface area contributed by atoms with Crippen LogP contribution in [0.25, 0.3) is 0 Å². The molecule has 0 saturated carbocycles. The predicted molar refractivity (Wildman–Crippen MR) is 85.0 cm³/mol. The normalized spacial score (nSPS) is 14.2. The summed E-state index contributed by atoms with van der Waals surface area (Å²) in [7, 11) is 0. The molecule has 0 fully saturated rings. The van der Waals surface area contributed by atoms with Crippen LogP contribution >= 0.6 is 11.3 Å². The SMILES string of the molecule is CCc1ccc(C(=O)CN2CCCc3ccccc32)s1. The van der Waals surface area contributed by atoms with Crippen molar-refractivity contribution in [3.8, 4) is 0 Å². The van der Waals surface area contributed by atoms with E-state index >= 15 is 0 Å². The number of hydrogen-bond acceptors (Lipinski definition) is 3. The van der Waals surface area contributed by atoms with Crippen molar-refractivity contribution in [2.24, 2.45) is 0 Å². The molecule has 0 unspecified atom stereocenters. The summed E-state index contributed by atoms with van der Waals surface area (Å²) < 4.78 is 0. The number of aryl methyl sites for hydroxylation is 2. The molecule has 2 nitrogen and oxygen atoms in total. The Hall–Kier alpha value is -1.61. The first-order chi connectivity index (χ1) is 9.78. The lowest BCUT2D eigenvalue weighted by Gasteiger charge is -2.30. The van der Waals surface area contributed by atoms with E-state index in [9.17, 15) is 4.79 Å². The predicted octanol–water partition coefficient (Wildman–Crippen LogP) is 3.95. The molecule has 1 aromatic heterocycles. The number of carbonyl (C=O) groups is 1. The lowest BCUT2D eigenvalue weighted by molar-refractivity contribution is 0.100. The average Bonchev–Trinajstić information content (AvgIpc) is 2.97. The van der Waals surface area contributed by atoms with Gasteiger partial charge in [0.1, 0.15) is 0 Å². The van der Waals surface area contributed by atoms with Gasteiger partial charge in [0.05, 0.1) is 11.4 Å². The zero-order chi connectivity index (χ0) is 13.9. The van der Waals surface area contributed by atoms with Gasteiger partial charge in [0, 0.05) is 17.1 Å². The summed E-state index contributed by atoms with van der Waals surface area (Å²) in [4.78, 5) is 16.8. The summed E-state index contributed by atoms with van der Waals surface area (Å²) >= 11 is 1.63. The van der Waals surface area contributed by atoms with Gasteiger partial charge in [-0.15, -0.1) is 11.3 Å². The second-order valence-electron chi connectivity index (χ2n) is 5.20. The van der Waals surface area contributed by atoms with Crippen molar-refractivity contribution in [1.82, 2.24) is 0 Å². The molecule has 1 aliphatic rings. The summed E-state index contributed by atoms with van der Waals surface area (Å²) in [5.74, 6) is 0.242. The first-order valence-corrected chi connectivity index (χ1v) is 8.04. The van der Waals surface area contributed by atoms with Gasteiger partial charge in [-0.1, -0.05) is 25.1 Å². The minimum atomic E-state index is 0.242. The van der Waals surface area contributed by atoms with Crippen LogP contribution in [0.3, 0.4) is 0 Å². The quantitative estimate of drug-likeness (QED) is 0.793. The van der Waals surface area contributed by atoms with Gasteiger partial charge in [0.15, 0.2) is 5.78 Å². The molecule has 0 aliphatic carbocycles. The number of carbonyl (C=O) groups excluding carboxylic acids is 1. The van der Waals surface area contributed by atoms with Gasteiger partial charge in [-0.05, 0) is 43.0 Å². The molecule has 20 heavy (non-hydrogen) atoms. The minimum Gasteiger partial charge on any atom is -0.364 e. The van der Waals surface area contributed by atoms with Gasteiger partial charge in [0.25, 0.3) is 0 Å². The van der Waals surface area contributed by atoms with Crippen LogP contribution in [0.15, 0.2) is 36.4 Å². The van der Waals surface area contributed by atoms with E-state index in [4.69, 9.17) is 0 Å². The molecule has 104 valence electrons. The molecule has 1 aliphatic heterocycles. The number of Topliss-reactive ketones (excluding diaryl/α,β-unsaturated/α-hetero) is 1. The van der Waals surface area contributed by atoms with Gasteiger partial charge in [-0.25, -0.2) is 0 Å². The fraction of sp³-hybridized carbons (Fsp3) is 0.353. The Balaban J connectivity index is 1.77. The summed E-state index contributed by atoms with van der Waals surface area (Å²) in [6.07, 6.45) is 3.26. The minimum absolute atomic E-state index is 0.242. The molecular weight excluding hydrogens is 266 g/mol. The van der Waals surface area contributed by atoms with Crippen molar-refractivity contribution in [2.75, 3.05) is 18.0 Å². The highest BCUT2D eigenvalue weighted by atomic mass is 32.1. The van der Waals surface area contributed by atoms with Crippen LogP contribution < -0.4 is 4.90 Å². The van der Waals surface area contributed by atoms with E-state index in [0.29, 0.717) is 6.54 Å². The fourth-order valence-electron chi connectivity index (χ4n) is 2.74. The van der Waals surface area contributed by atoms with Crippen LogP contribution in [0, 0.1) is 0 Å². The standard InChI is InChI=1S/C17H19NOS/c1-2-14-9-10-17(20-14)16(19)12-18-11-5-7-13-6-3-4-8-15(13)18/h3-4,6,8-10H,2,5,7,11-12H2,1H3. The molecule has 2 heterocycles. The van der Waals surface area contributed by atoms with Gasteiger partial charge >= 0.3 is 0 Å². The van der Waals surface area contributed by atoms with Crippen LogP contribution in [-0.4, -0.2) is 18.9 Å². The van der Waals surface area contributed by atoms with Crippen molar-refractivity contribution in [3.63, 3.8) is 0 Å². The van der Waals surface area contributed by atoms with Crippen LogP contribution in [0.1, 0.15) is 33.5 Å². The Morgan fingerprint density at radius 2 is 2.10 bits per heavy atom. The van der Waals surface area contributed by atoms with Gasteiger partial charge < -0.3 is 4.90 Å². The van der Waals surface area contributed by atoms with Crippen molar-refractivity contribution >= 4 is 22.8 Å². The highest BCUT2D eigenvalue weighted by Crippen LogP contribution is 2.27. The molecule has 3 heteroatoms. The first kappa shape index (κ1) is 13.4. The maximum atomic E-state index is 12.4. The number of nitrogens with zero attached hydrogens (tertiary/aromatic N) is 1. The van der Waals surface area contributed by atoms with Crippen molar-refractivity contribution < 1.29 is 4.79 Å². The molecule has 0 amide bonds. The third kappa shape index (κ3) is 2.63. The Morgan fingerprint density at radius 3 is 2.90 bits per heavy atom. The first-order valence-electron chi connectivity index (χ1n) is 7.22. The average molecular weight is 285 g/mol. The number of benzene rings is 1. The Morgan fingerprint density at radius 1 is 1.25 bits per heavy atom. The summed E-state index contributed by atoms with van der Waals surface area (Å²) in [6, 6.07) is 12.5. The number of rotatable bonds is 4. The van der Waals surface area contributed by atoms with Crippen LogP contribution in [0.2, 0.25) is 0 Å². The summed E-state index contributed by atoms with van der Waals surface area (Å²) in [5, 5.41) is 0. The molecule has 3 rings (SSSR count). The second-order valence-corrected chi connectivity index (χ2v) is 6.36. The molecule has 1 aromatic carbocycles. The maximum absolute atomic E-state index is 12.4. The number of ketones is 1. The van der Waals surface area contributed by atoms with Gasteiger partial charge in [-0.3, -0.25) is 4.79 Å². The number of para-hydroxylation sites is 1. The zero-order valence-corrected chi connectivity index (χ0v) is 12.6. The summed E-state index contributed by atoms with van der Waals surface area (Å²) in [5.41, 5.74) is 2.60. The Labute approximate surface area is 124 Å². The number of hydrogen-bond donors (Lipinski definition) is 0. The van der Waals surface area contributed by atoms with Crippen molar-refractivity contribution in [3.05, 3.63) is 51.7 Å². The topological polar surface area (TPSA) is 20.3 Å². The second kappa shape index (κ2) is 5.80. The van der Waals surface area contributed by atoms with Crippen molar-refractivity contribution in [1.29, 1.82) is 0 Å². The maximum Gasteiger partial charge on any atom is 0.191 e.